The molecule has 1 aliphatic rings. The van der Waals surface area contributed by atoms with E-state index >= 15 is 0 Å². The minimum atomic E-state index is -0.0778. The largest absolute Gasteiger partial charge is 0.409 e. The highest BCUT2D eigenvalue weighted by molar-refractivity contribution is 7.98. The molecule has 98 valence electrons. The van der Waals surface area contributed by atoms with Gasteiger partial charge in [-0.25, -0.2) is 0 Å². The first-order chi connectivity index (χ1) is 8.61. The van der Waals surface area contributed by atoms with Crippen molar-refractivity contribution in [3.05, 3.63) is 21.4 Å². The van der Waals surface area contributed by atoms with E-state index < -0.39 is 0 Å². The number of aryl methyl sites for hydroxylation is 1. The van der Waals surface area contributed by atoms with Crippen molar-refractivity contribution in [3.8, 4) is 0 Å². The van der Waals surface area contributed by atoms with Gasteiger partial charge in [-0.3, -0.25) is 4.79 Å². The molecular weight excluding hydrogens is 270 g/mol. The summed E-state index contributed by atoms with van der Waals surface area (Å²) in [6.07, 6.45) is 1.04. The fourth-order valence-corrected chi connectivity index (χ4v) is 4.15. The van der Waals surface area contributed by atoms with Gasteiger partial charge in [0.25, 0.3) is 5.91 Å². The molecule has 0 spiro atoms. The van der Waals surface area contributed by atoms with Gasteiger partial charge in [0.2, 0.25) is 0 Å². The minimum absolute atomic E-state index is 0.0303. The van der Waals surface area contributed by atoms with Gasteiger partial charge in [0.05, 0.1) is 11.4 Å². The third-order valence-electron chi connectivity index (χ3n) is 2.71. The zero-order chi connectivity index (χ0) is 13.1. The van der Waals surface area contributed by atoms with Crippen molar-refractivity contribution in [2.45, 2.75) is 12.2 Å². The van der Waals surface area contributed by atoms with Crippen molar-refractivity contribution in [1.29, 1.82) is 0 Å². The SMILES string of the molecule is CN(CC(N)=NO)C(=O)c1cc2c(s1)CCSC2. The lowest BCUT2D eigenvalue weighted by molar-refractivity contribution is 0.0818. The summed E-state index contributed by atoms with van der Waals surface area (Å²) in [7, 11) is 1.65. The number of thioether (sulfide) groups is 1. The third-order valence-corrected chi connectivity index (χ3v) is 4.95. The molecule has 0 unspecified atom stereocenters. The molecule has 0 radical (unpaired) electrons. The van der Waals surface area contributed by atoms with Gasteiger partial charge < -0.3 is 15.8 Å². The molecular formula is C11H15N3O2S2. The van der Waals surface area contributed by atoms with Crippen molar-refractivity contribution in [3.63, 3.8) is 0 Å². The molecule has 0 saturated carbocycles. The van der Waals surface area contributed by atoms with Crippen LogP contribution >= 0.6 is 23.1 Å². The molecule has 3 N–H and O–H groups in total. The summed E-state index contributed by atoms with van der Waals surface area (Å²) >= 11 is 3.45. The quantitative estimate of drug-likeness (QED) is 0.380. The molecule has 0 fully saturated rings. The second-order valence-electron chi connectivity index (χ2n) is 4.11. The Morgan fingerprint density at radius 1 is 1.67 bits per heavy atom. The molecule has 5 nitrogen and oxygen atoms in total. The number of hydrogen-bond donors (Lipinski definition) is 2. The van der Waals surface area contributed by atoms with Crippen LogP contribution in [0.4, 0.5) is 0 Å². The van der Waals surface area contributed by atoms with Gasteiger partial charge in [-0.15, -0.1) is 11.3 Å². The number of likely N-dealkylation sites (N-methyl/N-ethyl adjacent to an activating group) is 1. The Kier molecular flexibility index (Phi) is 4.13. The Hall–Kier alpha value is -1.21. The van der Waals surface area contributed by atoms with Crippen LogP contribution in [0.1, 0.15) is 20.1 Å². The van der Waals surface area contributed by atoms with Crippen LogP contribution in [0.3, 0.4) is 0 Å². The number of hydrogen-bond acceptors (Lipinski definition) is 5. The molecule has 2 heterocycles. The van der Waals surface area contributed by atoms with Gasteiger partial charge in [-0.05, 0) is 23.8 Å². The molecule has 0 aromatic carbocycles. The fraction of sp³-hybridized carbons (Fsp3) is 0.455. The summed E-state index contributed by atoms with van der Waals surface area (Å²) in [4.78, 5) is 15.7. The maximum absolute atomic E-state index is 12.2. The highest BCUT2D eigenvalue weighted by atomic mass is 32.2. The maximum atomic E-state index is 12.2. The van der Waals surface area contributed by atoms with Crippen LogP contribution in [0.15, 0.2) is 11.2 Å². The average Bonchev–Trinajstić information content (AvgIpc) is 2.81. The van der Waals surface area contributed by atoms with Crippen LogP contribution in [0, 0.1) is 0 Å². The van der Waals surface area contributed by atoms with E-state index in [1.165, 1.54) is 15.3 Å². The molecule has 0 saturated heterocycles. The molecule has 0 atom stereocenters. The van der Waals surface area contributed by atoms with Crippen LogP contribution in [-0.4, -0.2) is 41.2 Å². The molecule has 2 rings (SSSR count). The van der Waals surface area contributed by atoms with Crippen molar-refractivity contribution in [2.75, 3.05) is 19.3 Å². The van der Waals surface area contributed by atoms with Crippen LogP contribution in [0.25, 0.3) is 0 Å². The van der Waals surface area contributed by atoms with Crippen LogP contribution in [-0.2, 0) is 12.2 Å². The molecule has 1 aromatic heterocycles. The summed E-state index contributed by atoms with van der Waals surface area (Å²) in [6, 6.07) is 1.97. The predicted octanol–water partition coefficient (Wildman–Crippen LogP) is 1.36. The Bertz CT molecular complexity index is 461. The Morgan fingerprint density at radius 2 is 2.44 bits per heavy atom. The van der Waals surface area contributed by atoms with E-state index in [9.17, 15) is 4.79 Å². The summed E-state index contributed by atoms with van der Waals surface area (Å²) in [5.74, 6) is 2.07. The summed E-state index contributed by atoms with van der Waals surface area (Å²) in [5, 5.41) is 11.4. The first-order valence-electron chi connectivity index (χ1n) is 5.53. The Balaban J connectivity index is 2.11. The van der Waals surface area contributed by atoms with Crippen LogP contribution < -0.4 is 5.73 Å². The third kappa shape index (κ3) is 2.78. The molecule has 1 amide bonds. The van der Waals surface area contributed by atoms with Gasteiger partial charge in [-0.1, -0.05) is 5.16 Å². The second-order valence-corrected chi connectivity index (χ2v) is 6.36. The van der Waals surface area contributed by atoms with Gasteiger partial charge >= 0.3 is 0 Å². The standard InChI is InChI=1S/C11H15N3O2S2/c1-14(5-10(12)13-16)11(15)9-4-7-6-17-3-2-8(7)18-9/h4,16H,2-3,5-6H2,1H3,(H2,12,13). The van der Waals surface area contributed by atoms with E-state index in [1.807, 2.05) is 17.8 Å². The smallest absolute Gasteiger partial charge is 0.264 e. The summed E-state index contributed by atoms with van der Waals surface area (Å²) < 4.78 is 0. The van der Waals surface area contributed by atoms with Gasteiger partial charge in [0.15, 0.2) is 5.84 Å². The minimum Gasteiger partial charge on any atom is -0.409 e. The number of amides is 1. The maximum Gasteiger partial charge on any atom is 0.264 e. The summed E-state index contributed by atoms with van der Waals surface area (Å²) in [5.41, 5.74) is 6.67. The number of thiophene rings is 1. The lowest BCUT2D eigenvalue weighted by atomic mass is 10.2. The number of fused-ring (bicyclic) bond motifs is 1. The van der Waals surface area contributed by atoms with E-state index in [0.717, 1.165) is 22.8 Å². The number of nitrogens with two attached hydrogens (primary N) is 1. The van der Waals surface area contributed by atoms with Gasteiger partial charge in [0, 0.05) is 17.7 Å². The normalized spacial score (nSPS) is 15.3. The predicted molar refractivity (Wildman–Crippen MR) is 74.6 cm³/mol. The fourth-order valence-electron chi connectivity index (χ4n) is 1.79. The molecule has 7 heteroatoms. The van der Waals surface area contributed by atoms with E-state index in [1.54, 1.807) is 18.4 Å². The highest BCUT2D eigenvalue weighted by Gasteiger charge is 2.20. The first kappa shape index (κ1) is 13.2. The average molecular weight is 285 g/mol. The molecule has 1 aliphatic heterocycles. The van der Waals surface area contributed by atoms with Crippen molar-refractivity contribution >= 4 is 34.8 Å². The number of carbonyl (C=O) groups excluding carboxylic acids is 1. The van der Waals surface area contributed by atoms with Gasteiger partial charge in [-0.2, -0.15) is 11.8 Å². The summed E-state index contributed by atoms with van der Waals surface area (Å²) in [6.45, 7) is 0.132. The van der Waals surface area contributed by atoms with E-state index in [0.29, 0.717) is 0 Å². The second kappa shape index (κ2) is 5.62. The van der Waals surface area contributed by atoms with Crippen molar-refractivity contribution < 1.29 is 10.0 Å². The number of carbonyl (C=O) groups is 1. The zero-order valence-corrected chi connectivity index (χ0v) is 11.7. The van der Waals surface area contributed by atoms with E-state index in [-0.39, 0.29) is 18.3 Å². The zero-order valence-electron chi connectivity index (χ0n) is 10.0. The van der Waals surface area contributed by atoms with Crippen LogP contribution in [0.5, 0.6) is 0 Å². The molecule has 1 aromatic rings. The van der Waals surface area contributed by atoms with Crippen molar-refractivity contribution in [1.82, 2.24) is 4.90 Å². The monoisotopic (exact) mass is 285 g/mol. The lowest BCUT2D eigenvalue weighted by Gasteiger charge is -2.14. The highest BCUT2D eigenvalue weighted by Crippen LogP contribution is 2.32. The van der Waals surface area contributed by atoms with E-state index in [4.69, 9.17) is 10.9 Å². The van der Waals surface area contributed by atoms with Crippen molar-refractivity contribution in [2.24, 2.45) is 10.9 Å². The molecule has 0 aliphatic carbocycles. The molecule has 0 bridgehead atoms. The number of oxime groups is 1. The van der Waals surface area contributed by atoms with E-state index in [2.05, 4.69) is 5.16 Å². The molecule has 18 heavy (non-hydrogen) atoms. The Labute approximate surface area is 114 Å². The lowest BCUT2D eigenvalue weighted by Crippen LogP contribution is -2.35. The number of nitrogens with zero attached hydrogens (tertiary/aromatic N) is 2. The van der Waals surface area contributed by atoms with Crippen LogP contribution in [0.2, 0.25) is 0 Å². The Morgan fingerprint density at radius 3 is 3.11 bits per heavy atom. The number of amidine groups is 1. The number of rotatable bonds is 3. The topological polar surface area (TPSA) is 78.9 Å². The van der Waals surface area contributed by atoms with Gasteiger partial charge in [0.1, 0.15) is 0 Å². The first-order valence-corrected chi connectivity index (χ1v) is 7.50.